The van der Waals surface area contributed by atoms with Crippen LogP contribution in [0.2, 0.25) is 0 Å². The molecule has 1 saturated heterocycles. The molecule has 0 N–H and O–H groups in total. The second-order valence-corrected chi connectivity index (χ2v) is 5.57. The van der Waals surface area contributed by atoms with Gasteiger partial charge < -0.3 is 9.64 Å². The molecular formula is C17H23NO3. The van der Waals surface area contributed by atoms with Crippen LogP contribution in [0.4, 0.5) is 0 Å². The van der Waals surface area contributed by atoms with Crippen LogP contribution in [0, 0.1) is 12.8 Å². The Morgan fingerprint density at radius 2 is 1.95 bits per heavy atom. The van der Waals surface area contributed by atoms with E-state index in [1.165, 1.54) is 0 Å². The average molecular weight is 289 g/mol. The maximum Gasteiger partial charge on any atom is 0.253 e. The zero-order chi connectivity index (χ0) is 15.4. The first-order valence-corrected chi connectivity index (χ1v) is 7.53. The Hall–Kier alpha value is -1.84. The number of methoxy groups -OCH3 is 1. The van der Waals surface area contributed by atoms with Crippen molar-refractivity contribution in [2.75, 3.05) is 20.2 Å². The predicted molar refractivity (Wildman–Crippen MR) is 81.7 cm³/mol. The van der Waals surface area contributed by atoms with Crippen molar-refractivity contribution >= 4 is 11.7 Å². The minimum Gasteiger partial charge on any atom is -0.496 e. The molecule has 0 radical (unpaired) electrons. The van der Waals surface area contributed by atoms with Crippen LogP contribution in [0.1, 0.15) is 42.1 Å². The molecule has 0 unspecified atom stereocenters. The number of aryl methyl sites for hydroxylation is 1. The Bertz CT molecular complexity index is 531. The third-order valence-electron chi connectivity index (χ3n) is 4.23. The number of hydrogen-bond acceptors (Lipinski definition) is 3. The molecule has 0 spiro atoms. The molecule has 114 valence electrons. The Morgan fingerprint density at radius 3 is 2.48 bits per heavy atom. The number of Topliss-reactive ketones (excluding diaryl/α,β-unsaturated/α-hetero) is 1. The van der Waals surface area contributed by atoms with Crippen molar-refractivity contribution in [2.24, 2.45) is 5.92 Å². The summed E-state index contributed by atoms with van der Waals surface area (Å²) in [6, 6.07) is 5.50. The Labute approximate surface area is 126 Å². The molecule has 1 fully saturated rings. The number of benzene rings is 1. The van der Waals surface area contributed by atoms with Gasteiger partial charge in [-0.2, -0.15) is 0 Å². The molecule has 0 saturated carbocycles. The molecular weight excluding hydrogens is 266 g/mol. The third kappa shape index (κ3) is 3.43. The molecule has 1 heterocycles. The largest absolute Gasteiger partial charge is 0.496 e. The number of ether oxygens (including phenoxy) is 1. The van der Waals surface area contributed by atoms with E-state index in [0.29, 0.717) is 30.9 Å². The molecule has 4 heteroatoms. The average Bonchev–Trinajstić information content (AvgIpc) is 2.53. The lowest BCUT2D eigenvalue weighted by Crippen LogP contribution is -2.40. The molecule has 0 atom stereocenters. The fourth-order valence-electron chi connectivity index (χ4n) is 2.89. The molecule has 0 bridgehead atoms. The molecule has 0 aromatic heterocycles. The van der Waals surface area contributed by atoms with Crippen LogP contribution in [0.5, 0.6) is 5.75 Å². The van der Waals surface area contributed by atoms with Gasteiger partial charge in [-0.1, -0.05) is 6.92 Å². The van der Waals surface area contributed by atoms with Crippen molar-refractivity contribution in [2.45, 2.75) is 33.1 Å². The maximum absolute atomic E-state index is 12.5. The lowest BCUT2D eigenvalue weighted by Gasteiger charge is -2.31. The minimum atomic E-state index is 0.0446. The lowest BCUT2D eigenvalue weighted by atomic mass is 9.91. The quantitative estimate of drug-likeness (QED) is 0.856. The van der Waals surface area contributed by atoms with E-state index in [9.17, 15) is 9.59 Å². The summed E-state index contributed by atoms with van der Waals surface area (Å²) in [7, 11) is 1.62. The molecule has 0 aliphatic carbocycles. The van der Waals surface area contributed by atoms with E-state index >= 15 is 0 Å². The monoisotopic (exact) mass is 289 g/mol. The number of hydrogen-bond donors (Lipinski definition) is 0. The van der Waals surface area contributed by atoms with Crippen LogP contribution >= 0.6 is 0 Å². The highest BCUT2D eigenvalue weighted by Crippen LogP contribution is 2.23. The van der Waals surface area contributed by atoms with Crippen LogP contribution in [-0.4, -0.2) is 36.8 Å². The normalized spacial score (nSPS) is 15.9. The van der Waals surface area contributed by atoms with Crippen LogP contribution in [0.15, 0.2) is 18.2 Å². The number of ketones is 1. The van der Waals surface area contributed by atoms with Crippen LogP contribution in [0.3, 0.4) is 0 Å². The van der Waals surface area contributed by atoms with Crippen LogP contribution in [0.25, 0.3) is 0 Å². The Morgan fingerprint density at radius 1 is 1.29 bits per heavy atom. The highest BCUT2D eigenvalue weighted by Gasteiger charge is 2.26. The molecule has 2 rings (SSSR count). The zero-order valence-corrected chi connectivity index (χ0v) is 13.0. The van der Waals surface area contributed by atoms with Gasteiger partial charge in [0.25, 0.3) is 5.91 Å². The van der Waals surface area contributed by atoms with E-state index in [0.717, 1.165) is 24.2 Å². The smallest absolute Gasteiger partial charge is 0.253 e. The number of nitrogens with zero attached hydrogens (tertiary/aromatic N) is 1. The summed E-state index contributed by atoms with van der Waals surface area (Å²) < 4.78 is 5.22. The predicted octanol–water partition coefficient (Wildman–Crippen LogP) is 2.83. The van der Waals surface area contributed by atoms with Crippen molar-refractivity contribution in [1.82, 2.24) is 4.90 Å². The summed E-state index contributed by atoms with van der Waals surface area (Å²) in [6.45, 7) is 5.17. The number of piperidine rings is 1. The van der Waals surface area contributed by atoms with Gasteiger partial charge in [-0.15, -0.1) is 0 Å². The third-order valence-corrected chi connectivity index (χ3v) is 4.23. The maximum atomic E-state index is 12.5. The Kier molecular flexibility index (Phi) is 4.99. The van der Waals surface area contributed by atoms with E-state index < -0.39 is 0 Å². The number of likely N-dealkylation sites (tertiary alicyclic amines) is 1. The van der Waals surface area contributed by atoms with Gasteiger partial charge in [0, 0.05) is 31.0 Å². The van der Waals surface area contributed by atoms with Crippen LogP contribution in [-0.2, 0) is 4.79 Å². The van der Waals surface area contributed by atoms with Crippen molar-refractivity contribution in [3.63, 3.8) is 0 Å². The summed E-state index contributed by atoms with van der Waals surface area (Å²) in [5.41, 5.74) is 1.65. The molecule has 1 aromatic carbocycles. The lowest BCUT2D eigenvalue weighted by molar-refractivity contribution is -0.123. The second-order valence-electron chi connectivity index (χ2n) is 5.57. The van der Waals surface area contributed by atoms with Gasteiger partial charge in [-0.05, 0) is 43.5 Å². The van der Waals surface area contributed by atoms with E-state index in [1.807, 2.05) is 30.9 Å². The van der Waals surface area contributed by atoms with Crippen LogP contribution < -0.4 is 4.74 Å². The molecule has 1 aromatic rings. The molecule has 4 nitrogen and oxygen atoms in total. The van der Waals surface area contributed by atoms with Crippen molar-refractivity contribution in [3.05, 3.63) is 29.3 Å². The highest BCUT2D eigenvalue weighted by atomic mass is 16.5. The first-order valence-electron chi connectivity index (χ1n) is 7.53. The molecule has 1 aliphatic rings. The van der Waals surface area contributed by atoms with Gasteiger partial charge in [0.2, 0.25) is 0 Å². The van der Waals surface area contributed by atoms with Gasteiger partial charge in [0.05, 0.1) is 7.11 Å². The SMILES string of the molecule is CCC(=O)C1CCN(C(=O)c2ccc(OC)c(C)c2)CC1. The van der Waals surface area contributed by atoms with Gasteiger partial charge >= 0.3 is 0 Å². The van der Waals surface area contributed by atoms with E-state index in [2.05, 4.69) is 0 Å². The van der Waals surface area contributed by atoms with E-state index in [4.69, 9.17) is 4.74 Å². The number of carbonyl (C=O) groups is 2. The van der Waals surface area contributed by atoms with E-state index in [-0.39, 0.29) is 11.8 Å². The summed E-state index contributed by atoms with van der Waals surface area (Å²) in [5, 5.41) is 0. The fourth-order valence-corrected chi connectivity index (χ4v) is 2.89. The second kappa shape index (κ2) is 6.74. The van der Waals surface area contributed by atoms with Gasteiger partial charge in [0.1, 0.15) is 11.5 Å². The summed E-state index contributed by atoms with van der Waals surface area (Å²) in [6.07, 6.45) is 2.16. The summed E-state index contributed by atoms with van der Waals surface area (Å²) in [4.78, 5) is 26.1. The first-order chi connectivity index (χ1) is 10.1. The fraction of sp³-hybridized carbons (Fsp3) is 0.529. The highest BCUT2D eigenvalue weighted by molar-refractivity contribution is 5.94. The zero-order valence-electron chi connectivity index (χ0n) is 13.0. The van der Waals surface area contributed by atoms with E-state index in [1.54, 1.807) is 13.2 Å². The topological polar surface area (TPSA) is 46.6 Å². The molecule has 1 amide bonds. The number of amides is 1. The van der Waals surface area contributed by atoms with Gasteiger partial charge in [-0.25, -0.2) is 0 Å². The number of carbonyl (C=O) groups excluding carboxylic acids is 2. The van der Waals surface area contributed by atoms with Gasteiger partial charge in [-0.3, -0.25) is 9.59 Å². The number of rotatable bonds is 4. The summed E-state index contributed by atoms with van der Waals surface area (Å²) >= 11 is 0. The van der Waals surface area contributed by atoms with Crippen molar-refractivity contribution in [1.29, 1.82) is 0 Å². The van der Waals surface area contributed by atoms with Gasteiger partial charge in [0.15, 0.2) is 0 Å². The van der Waals surface area contributed by atoms with Crippen molar-refractivity contribution < 1.29 is 14.3 Å². The standard InChI is InChI=1S/C17H23NO3/c1-4-15(19)13-7-9-18(10-8-13)17(20)14-5-6-16(21-3)12(2)11-14/h5-6,11,13H,4,7-10H2,1-3H3. The first kappa shape index (κ1) is 15.5. The van der Waals surface area contributed by atoms with Crippen molar-refractivity contribution in [3.8, 4) is 5.75 Å². The minimum absolute atomic E-state index is 0.0446. The molecule has 21 heavy (non-hydrogen) atoms. The Balaban J connectivity index is 2.02. The molecule has 1 aliphatic heterocycles. The summed E-state index contributed by atoms with van der Waals surface area (Å²) in [5.74, 6) is 1.29.